The largest absolute Gasteiger partial charge is 0.368 e. The van der Waals surface area contributed by atoms with Crippen LogP contribution >= 0.6 is 11.6 Å². The summed E-state index contributed by atoms with van der Waals surface area (Å²) in [6.45, 7) is 9.83. The summed E-state index contributed by atoms with van der Waals surface area (Å²) in [5, 5.41) is 4.92. The molecule has 0 saturated carbocycles. The molecule has 1 amide bonds. The minimum atomic E-state index is -0.00906. The number of halogens is 1. The molecule has 1 aromatic carbocycles. The number of amides is 1. The maximum Gasteiger partial charge on any atom is 0.259 e. The van der Waals surface area contributed by atoms with Crippen molar-refractivity contribution in [2.75, 3.05) is 31.1 Å². The first kappa shape index (κ1) is 17.8. The highest BCUT2D eigenvalue weighted by molar-refractivity contribution is 6.33. The van der Waals surface area contributed by atoms with E-state index < -0.39 is 0 Å². The van der Waals surface area contributed by atoms with E-state index in [-0.39, 0.29) is 5.91 Å². The van der Waals surface area contributed by atoms with Crippen molar-refractivity contribution in [2.24, 2.45) is 5.92 Å². The maximum atomic E-state index is 13.0. The fourth-order valence-corrected chi connectivity index (χ4v) is 3.55. The fraction of sp³-hybridized carbons (Fsp3) is 0.474. The van der Waals surface area contributed by atoms with Crippen molar-refractivity contribution >= 4 is 23.2 Å². The monoisotopic (exact) mass is 360 g/mol. The van der Waals surface area contributed by atoms with Crippen LogP contribution in [0.3, 0.4) is 0 Å². The van der Waals surface area contributed by atoms with Crippen LogP contribution in [0.15, 0.2) is 30.3 Å². The Morgan fingerprint density at radius 1 is 1.16 bits per heavy atom. The van der Waals surface area contributed by atoms with Crippen LogP contribution < -0.4 is 4.90 Å². The van der Waals surface area contributed by atoms with Gasteiger partial charge in [-0.15, -0.1) is 0 Å². The van der Waals surface area contributed by atoms with Crippen LogP contribution in [0.4, 0.5) is 5.69 Å². The van der Waals surface area contributed by atoms with Crippen molar-refractivity contribution < 1.29 is 4.79 Å². The van der Waals surface area contributed by atoms with Crippen molar-refractivity contribution in [1.82, 2.24) is 14.7 Å². The molecule has 134 valence electrons. The number of aryl methyl sites for hydroxylation is 1. The van der Waals surface area contributed by atoms with Crippen LogP contribution in [0.2, 0.25) is 5.15 Å². The second kappa shape index (κ2) is 7.48. The summed E-state index contributed by atoms with van der Waals surface area (Å²) in [4.78, 5) is 17.1. The number of nitrogens with zero attached hydrogens (tertiary/aromatic N) is 4. The Bertz CT molecular complexity index is 733. The third-order valence-electron chi connectivity index (χ3n) is 4.51. The minimum absolute atomic E-state index is 0.00906. The second-order valence-electron chi connectivity index (χ2n) is 6.94. The van der Waals surface area contributed by atoms with Gasteiger partial charge < -0.3 is 9.80 Å². The van der Waals surface area contributed by atoms with Crippen LogP contribution in [0.25, 0.3) is 0 Å². The molecule has 0 spiro atoms. The molecule has 6 heteroatoms. The lowest BCUT2D eigenvalue weighted by Crippen LogP contribution is -2.48. The summed E-state index contributed by atoms with van der Waals surface area (Å²) < 4.78 is 1.75. The van der Waals surface area contributed by atoms with Gasteiger partial charge in [0.05, 0.1) is 11.3 Å². The molecule has 2 aromatic rings. The molecular formula is C19H25ClN4O. The standard InChI is InChI=1S/C19H25ClN4O/c1-14(2)13-24-18(20)17(15(3)21-24)19(25)23-11-9-22(10-12-23)16-7-5-4-6-8-16/h4-8,14H,9-13H2,1-3H3. The number of anilines is 1. The quantitative estimate of drug-likeness (QED) is 0.838. The predicted octanol–water partition coefficient (Wildman–Crippen LogP) is 3.46. The van der Waals surface area contributed by atoms with E-state index in [4.69, 9.17) is 11.6 Å². The summed E-state index contributed by atoms with van der Waals surface area (Å²) in [6.07, 6.45) is 0. The lowest BCUT2D eigenvalue weighted by Gasteiger charge is -2.36. The Kier molecular flexibility index (Phi) is 5.33. The Morgan fingerprint density at radius 2 is 1.80 bits per heavy atom. The molecule has 0 atom stereocenters. The van der Waals surface area contributed by atoms with E-state index in [9.17, 15) is 4.79 Å². The van der Waals surface area contributed by atoms with Gasteiger partial charge in [0.1, 0.15) is 5.15 Å². The van der Waals surface area contributed by atoms with Crippen LogP contribution in [0.5, 0.6) is 0 Å². The topological polar surface area (TPSA) is 41.4 Å². The average molecular weight is 361 g/mol. The molecule has 1 fully saturated rings. The van der Waals surface area contributed by atoms with Gasteiger partial charge in [-0.25, -0.2) is 0 Å². The molecule has 25 heavy (non-hydrogen) atoms. The zero-order chi connectivity index (χ0) is 18.0. The van der Waals surface area contributed by atoms with Gasteiger partial charge in [0, 0.05) is 38.4 Å². The van der Waals surface area contributed by atoms with Gasteiger partial charge in [0.15, 0.2) is 0 Å². The molecule has 1 aliphatic rings. The Morgan fingerprint density at radius 3 is 2.40 bits per heavy atom. The molecule has 0 aliphatic carbocycles. The maximum absolute atomic E-state index is 13.0. The third kappa shape index (κ3) is 3.82. The number of carbonyl (C=O) groups is 1. The van der Waals surface area contributed by atoms with Crippen molar-refractivity contribution in [3.63, 3.8) is 0 Å². The summed E-state index contributed by atoms with van der Waals surface area (Å²) in [5.74, 6) is 0.416. The van der Waals surface area contributed by atoms with E-state index in [2.05, 4.69) is 36.0 Å². The molecule has 1 aromatic heterocycles. The van der Waals surface area contributed by atoms with Gasteiger partial charge in [-0.05, 0) is 25.0 Å². The summed E-state index contributed by atoms with van der Waals surface area (Å²) in [7, 11) is 0. The normalized spacial score (nSPS) is 15.1. The van der Waals surface area contributed by atoms with Crippen LogP contribution in [-0.2, 0) is 6.54 Å². The molecule has 1 saturated heterocycles. The number of rotatable bonds is 4. The smallest absolute Gasteiger partial charge is 0.259 e. The molecule has 3 rings (SSSR count). The number of benzene rings is 1. The van der Waals surface area contributed by atoms with Gasteiger partial charge in [-0.2, -0.15) is 5.10 Å². The highest BCUT2D eigenvalue weighted by atomic mass is 35.5. The number of piperazine rings is 1. The number of hydrogen-bond acceptors (Lipinski definition) is 3. The Labute approximate surface area is 154 Å². The SMILES string of the molecule is Cc1nn(CC(C)C)c(Cl)c1C(=O)N1CCN(c2ccccc2)CC1. The highest BCUT2D eigenvalue weighted by Crippen LogP contribution is 2.24. The number of para-hydroxylation sites is 1. The molecule has 0 N–H and O–H groups in total. The van der Waals surface area contributed by atoms with E-state index >= 15 is 0 Å². The van der Waals surface area contributed by atoms with Crippen molar-refractivity contribution in [1.29, 1.82) is 0 Å². The summed E-state index contributed by atoms with van der Waals surface area (Å²) in [5.41, 5.74) is 2.46. The van der Waals surface area contributed by atoms with Crippen molar-refractivity contribution in [2.45, 2.75) is 27.3 Å². The predicted molar refractivity (Wildman–Crippen MR) is 101 cm³/mol. The zero-order valence-corrected chi connectivity index (χ0v) is 15.8. The van der Waals surface area contributed by atoms with Gasteiger partial charge in [0.25, 0.3) is 5.91 Å². The van der Waals surface area contributed by atoms with Crippen LogP contribution in [0.1, 0.15) is 29.9 Å². The second-order valence-corrected chi connectivity index (χ2v) is 7.30. The van der Waals surface area contributed by atoms with Gasteiger partial charge in [-0.1, -0.05) is 43.6 Å². The molecule has 0 unspecified atom stereocenters. The molecular weight excluding hydrogens is 336 g/mol. The summed E-state index contributed by atoms with van der Waals surface area (Å²) >= 11 is 6.45. The van der Waals surface area contributed by atoms with E-state index in [1.165, 1.54) is 5.69 Å². The lowest BCUT2D eigenvalue weighted by molar-refractivity contribution is 0.0746. The van der Waals surface area contributed by atoms with Crippen LogP contribution in [-0.4, -0.2) is 46.8 Å². The van der Waals surface area contributed by atoms with Gasteiger partial charge in [0.2, 0.25) is 0 Å². The molecule has 0 radical (unpaired) electrons. The van der Waals surface area contributed by atoms with E-state index in [0.717, 1.165) is 19.6 Å². The van der Waals surface area contributed by atoms with Crippen molar-refractivity contribution in [3.8, 4) is 0 Å². The number of hydrogen-bond donors (Lipinski definition) is 0. The van der Waals surface area contributed by atoms with Crippen LogP contribution in [0, 0.1) is 12.8 Å². The first-order chi connectivity index (χ1) is 12.0. The molecule has 2 heterocycles. The van der Waals surface area contributed by atoms with E-state index in [1.807, 2.05) is 30.0 Å². The highest BCUT2D eigenvalue weighted by Gasteiger charge is 2.28. The minimum Gasteiger partial charge on any atom is -0.368 e. The molecule has 5 nitrogen and oxygen atoms in total. The fourth-order valence-electron chi connectivity index (χ4n) is 3.23. The first-order valence-electron chi connectivity index (χ1n) is 8.79. The molecule has 1 aliphatic heterocycles. The first-order valence-corrected chi connectivity index (χ1v) is 9.17. The Hall–Kier alpha value is -2.01. The average Bonchev–Trinajstić information content (AvgIpc) is 2.88. The van der Waals surface area contributed by atoms with Crippen molar-refractivity contribution in [3.05, 3.63) is 46.7 Å². The molecule has 0 bridgehead atoms. The van der Waals surface area contributed by atoms with E-state index in [1.54, 1.807) is 4.68 Å². The number of carbonyl (C=O) groups excluding carboxylic acids is 1. The van der Waals surface area contributed by atoms with Gasteiger partial charge >= 0.3 is 0 Å². The zero-order valence-electron chi connectivity index (χ0n) is 15.1. The van der Waals surface area contributed by atoms with Gasteiger partial charge in [-0.3, -0.25) is 9.48 Å². The lowest BCUT2D eigenvalue weighted by atomic mass is 10.2. The number of aromatic nitrogens is 2. The Balaban J connectivity index is 1.70. The summed E-state index contributed by atoms with van der Waals surface area (Å²) in [6, 6.07) is 10.3. The third-order valence-corrected chi connectivity index (χ3v) is 4.89. The van der Waals surface area contributed by atoms with E-state index in [0.29, 0.717) is 35.4 Å².